The summed E-state index contributed by atoms with van der Waals surface area (Å²) in [7, 11) is 0. The number of pyridine rings is 1. The molecule has 0 aliphatic carbocycles. The summed E-state index contributed by atoms with van der Waals surface area (Å²) in [5, 5.41) is 11.8. The zero-order valence-corrected chi connectivity index (χ0v) is 8.65. The molecule has 0 atom stereocenters. The minimum atomic E-state index is -0.423. The van der Waals surface area contributed by atoms with Crippen molar-refractivity contribution >= 4 is 28.2 Å². The van der Waals surface area contributed by atoms with Crippen molar-refractivity contribution in [2.75, 3.05) is 0 Å². The summed E-state index contributed by atoms with van der Waals surface area (Å²) >= 11 is 5.92. The lowest BCUT2D eigenvalue weighted by molar-refractivity contribution is -0.383. The van der Waals surface area contributed by atoms with Crippen LogP contribution in [0.1, 0.15) is 5.56 Å². The Morgan fingerprint density at radius 1 is 1.40 bits per heavy atom. The number of benzene rings is 1. The number of halogens is 1. The van der Waals surface area contributed by atoms with Gasteiger partial charge in [0.05, 0.1) is 20.8 Å². The quantitative estimate of drug-likeness (QED) is 0.550. The zero-order chi connectivity index (χ0) is 11.0. The van der Waals surface area contributed by atoms with Crippen LogP contribution in [0.2, 0.25) is 5.02 Å². The van der Waals surface area contributed by atoms with Crippen LogP contribution in [0.5, 0.6) is 0 Å². The molecule has 5 heteroatoms. The summed E-state index contributed by atoms with van der Waals surface area (Å²) in [6.45, 7) is 1.80. The molecule has 0 unspecified atom stereocenters. The lowest BCUT2D eigenvalue weighted by Crippen LogP contribution is -1.93. The first-order chi connectivity index (χ1) is 7.11. The number of nitro benzene ring substituents is 1. The number of rotatable bonds is 1. The van der Waals surface area contributed by atoms with Gasteiger partial charge in [0.15, 0.2) is 0 Å². The van der Waals surface area contributed by atoms with Gasteiger partial charge in [0.25, 0.3) is 5.69 Å². The van der Waals surface area contributed by atoms with Crippen molar-refractivity contribution in [2.24, 2.45) is 0 Å². The molecule has 15 heavy (non-hydrogen) atoms. The van der Waals surface area contributed by atoms with Crippen molar-refractivity contribution in [1.82, 2.24) is 4.98 Å². The maximum absolute atomic E-state index is 10.8. The minimum Gasteiger partial charge on any atom is -0.258 e. The highest BCUT2D eigenvalue weighted by Crippen LogP contribution is 2.31. The Hall–Kier alpha value is -1.68. The van der Waals surface area contributed by atoms with Crippen molar-refractivity contribution < 1.29 is 4.92 Å². The molecule has 0 spiro atoms. The summed E-state index contributed by atoms with van der Waals surface area (Å²) in [5.41, 5.74) is 1.32. The number of fused-ring (bicyclic) bond motifs is 1. The number of non-ortho nitro benzene ring substituents is 1. The van der Waals surface area contributed by atoms with Gasteiger partial charge in [0.2, 0.25) is 0 Å². The topological polar surface area (TPSA) is 56.0 Å². The van der Waals surface area contributed by atoms with Crippen LogP contribution in [0.15, 0.2) is 24.4 Å². The third-order valence-corrected chi connectivity index (χ3v) is 2.53. The van der Waals surface area contributed by atoms with E-state index < -0.39 is 4.92 Å². The van der Waals surface area contributed by atoms with E-state index in [9.17, 15) is 10.1 Å². The molecule has 0 N–H and O–H groups in total. The maximum atomic E-state index is 10.8. The Morgan fingerprint density at radius 3 is 2.80 bits per heavy atom. The predicted octanol–water partition coefficient (Wildman–Crippen LogP) is 3.10. The van der Waals surface area contributed by atoms with Crippen molar-refractivity contribution in [1.29, 1.82) is 0 Å². The van der Waals surface area contributed by atoms with Crippen molar-refractivity contribution in [3.05, 3.63) is 45.1 Å². The lowest BCUT2D eigenvalue weighted by Gasteiger charge is -2.03. The second kappa shape index (κ2) is 3.47. The highest BCUT2D eigenvalue weighted by molar-refractivity contribution is 6.35. The van der Waals surface area contributed by atoms with Crippen molar-refractivity contribution in [3.63, 3.8) is 0 Å². The van der Waals surface area contributed by atoms with E-state index in [1.54, 1.807) is 19.2 Å². The highest BCUT2D eigenvalue weighted by atomic mass is 35.5. The van der Waals surface area contributed by atoms with Crippen LogP contribution in [0, 0.1) is 17.0 Å². The second-order valence-corrected chi connectivity index (χ2v) is 3.58. The van der Waals surface area contributed by atoms with E-state index in [0.717, 1.165) is 5.56 Å². The smallest absolute Gasteiger partial charge is 0.258 e. The molecule has 0 saturated heterocycles. The van der Waals surface area contributed by atoms with Crippen LogP contribution in [0.25, 0.3) is 10.9 Å². The molecular formula is C10H7ClN2O2. The highest BCUT2D eigenvalue weighted by Gasteiger charge is 2.16. The molecule has 0 saturated carbocycles. The fraction of sp³-hybridized carbons (Fsp3) is 0.100. The predicted molar refractivity (Wildman–Crippen MR) is 58.1 cm³/mol. The van der Waals surface area contributed by atoms with Crippen LogP contribution in [0.3, 0.4) is 0 Å². The van der Waals surface area contributed by atoms with E-state index in [-0.39, 0.29) is 5.69 Å². The molecule has 0 amide bonds. The molecule has 2 aromatic rings. The molecular weight excluding hydrogens is 216 g/mol. The van der Waals surface area contributed by atoms with Crippen LogP contribution < -0.4 is 0 Å². The van der Waals surface area contributed by atoms with Crippen LogP contribution in [-0.4, -0.2) is 9.91 Å². The van der Waals surface area contributed by atoms with Gasteiger partial charge in [-0.15, -0.1) is 0 Å². The van der Waals surface area contributed by atoms with Crippen molar-refractivity contribution in [2.45, 2.75) is 6.92 Å². The average Bonchev–Trinajstić information content (AvgIpc) is 2.19. The summed E-state index contributed by atoms with van der Waals surface area (Å²) in [4.78, 5) is 14.4. The van der Waals surface area contributed by atoms with Gasteiger partial charge in [0.1, 0.15) is 0 Å². The molecule has 0 aliphatic heterocycles. The second-order valence-electron chi connectivity index (χ2n) is 3.18. The van der Waals surface area contributed by atoms with Gasteiger partial charge < -0.3 is 0 Å². The molecule has 76 valence electrons. The summed E-state index contributed by atoms with van der Waals surface area (Å²) in [6.07, 6.45) is 1.59. The summed E-state index contributed by atoms with van der Waals surface area (Å²) < 4.78 is 0. The minimum absolute atomic E-state index is 0.0417. The van der Waals surface area contributed by atoms with E-state index in [2.05, 4.69) is 4.98 Å². The normalized spacial score (nSPS) is 10.5. The number of aryl methyl sites for hydroxylation is 1. The Labute approximate surface area is 90.7 Å². The average molecular weight is 223 g/mol. The molecule has 0 fully saturated rings. The zero-order valence-electron chi connectivity index (χ0n) is 7.90. The number of nitro groups is 1. The van der Waals surface area contributed by atoms with Gasteiger partial charge in [-0.1, -0.05) is 11.6 Å². The van der Waals surface area contributed by atoms with E-state index in [0.29, 0.717) is 15.9 Å². The van der Waals surface area contributed by atoms with Gasteiger partial charge in [-0.05, 0) is 24.6 Å². The molecule has 0 radical (unpaired) electrons. The first-order valence-corrected chi connectivity index (χ1v) is 4.67. The van der Waals surface area contributed by atoms with Crippen LogP contribution in [0.4, 0.5) is 5.69 Å². The van der Waals surface area contributed by atoms with Crippen molar-refractivity contribution in [3.8, 4) is 0 Å². The number of hydrogen-bond donors (Lipinski definition) is 0. The third kappa shape index (κ3) is 1.53. The fourth-order valence-corrected chi connectivity index (χ4v) is 1.74. The van der Waals surface area contributed by atoms with Gasteiger partial charge >= 0.3 is 0 Å². The molecule has 1 aromatic carbocycles. The monoisotopic (exact) mass is 222 g/mol. The van der Waals surface area contributed by atoms with Gasteiger partial charge in [-0.3, -0.25) is 15.1 Å². The van der Waals surface area contributed by atoms with Gasteiger partial charge in [-0.25, -0.2) is 0 Å². The third-order valence-electron chi connectivity index (χ3n) is 2.23. The maximum Gasteiger partial charge on any atom is 0.279 e. The molecule has 2 rings (SSSR count). The molecule has 1 heterocycles. The first-order valence-electron chi connectivity index (χ1n) is 4.29. The Bertz CT molecular complexity index is 554. The summed E-state index contributed by atoms with van der Waals surface area (Å²) in [5.74, 6) is 0. The molecule has 0 aliphatic rings. The molecule has 1 aromatic heterocycles. The molecule has 4 nitrogen and oxygen atoms in total. The van der Waals surface area contributed by atoms with E-state index in [1.807, 2.05) is 0 Å². The van der Waals surface area contributed by atoms with E-state index in [4.69, 9.17) is 11.6 Å². The SMILES string of the molecule is Cc1ccnc2c(Cl)ccc([N+](=O)[O-])c12. The van der Waals surface area contributed by atoms with Crippen LogP contribution >= 0.6 is 11.6 Å². The fourth-order valence-electron chi connectivity index (χ4n) is 1.53. The lowest BCUT2D eigenvalue weighted by atomic mass is 10.1. The number of hydrogen-bond acceptors (Lipinski definition) is 3. The van der Waals surface area contributed by atoms with Gasteiger partial charge in [0, 0.05) is 12.3 Å². The largest absolute Gasteiger partial charge is 0.279 e. The standard InChI is InChI=1S/C10H7ClN2O2/c1-6-4-5-12-10-7(11)2-3-8(9(6)10)13(14)15/h2-5H,1H3. The summed E-state index contributed by atoms with van der Waals surface area (Å²) in [6, 6.07) is 4.62. The van der Waals surface area contributed by atoms with Crippen LogP contribution in [-0.2, 0) is 0 Å². The van der Waals surface area contributed by atoms with E-state index >= 15 is 0 Å². The van der Waals surface area contributed by atoms with Gasteiger partial charge in [-0.2, -0.15) is 0 Å². The Balaban J connectivity index is 2.96. The van der Waals surface area contributed by atoms with E-state index in [1.165, 1.54) is 12.1 Å². The Morgan fingerprint density at radius 2 is 2.13 bits per heavy atom. The first kappa shape index (κ1) is 9.86. The number of nitrogens with zero attached hydrogens (tertiary/aromatic N) is 2. The Kier molecular flexibility index (Phi) is 2.28. The molecule has 0 bridgehead atoms. The number of aromatic nitrogens is 1.